The molecule has 0 radical (unpaired) electrons. The minimum absolute atomic E-state index is 0.0289. The molecule has 0 aliphatic carbocycles. The first kappa shape index (κ1) is 24.6. The molecule has 2 aliphatic rings. The maximum Gasteiger partial charge on any atom is 0.407 e. The highest BCUT2D eigenvalue weighted by atomic mass is 16.6. The summed E-state index contributed by atoms with van der Waals surface area (Å²) in [6, 6.07) is 9.40. The van der Waals surface area contributed by atoms with E-state index in [-0.39, 0.29) is 24.7 Å². The molecule has 9 nitrogen and oxygen atoms in total. The predicted molar refractivity (Wildman–Crippen MR) is 120 cm³/mol. The highest BCUT2D eigenvalue weighted by Gasteiger charge is 2.38. The zero-order valence-electron chi connectivity index (χ0n) is 19.3. The number of hydrogen-bond acceptors (Lipinski definition) is 7. The topological polar surface area (TPSA) is 115 Å². The van der Waals surface area contributed by atoms with Gasteiger partial charge in [0.15, 0.2) is 5.76 Å². The van der Waals surface area contributed by atoms with E-state index >= 15 is 0 Å². The van der Waals surface area contributed by atoms with E-state index in [9.17, 15) is 14.7 Å². The van der Waals surface area contributed by atoms with E-state index < -0.39 is 29.2 Å². The van der Waals surface area contributed by atoms with E-state index in [2.05, 4.69) is 10.6 Å². The third kappa shape index (κ3) is 7.23. The van der Waals surface area contributed by atoms with Crippen LogP contribution in [0.2, 0.25) is 0 Å². The van der Waals surface area contributed by atoms with Crippen molar-refractivity contribution in [1.82, 2.24) is 10.6 Å². The summed E-state index contributed by atoms with van der Waals surface area (Å²) in [7, 11) is 0. The van der Waals surface area contributed by atoms with Crippen LogP contribution in [0, 0.1) is 0 Å². The van der Waals surface area contributed by atoms with E-state index in [1.807, 2.05) is 30.3 Å². The van der Waals surface area contributed by atoms with Crippen molar-refractivity contribution >= 4 is 12.0 Å². The van der Waals surface area contributed by atoms with Gasteiger partial charge < -0.3 is 34.7 Å². The fraction of sp³-hybridized carbons (Fsp3) is 0.500. The van der Waals surface area contributed by atoms with Crippen molar-refractivity contribution < 1.29 is 33.6 Å². The Labute approximate surface area is 193 Å². The first-order chi connectivity index (χ1) is 15.7. The van der Waals surface area contributed by atoms with Gasteiger partial charge in [0.1, 0.15) is 18.3 Å². The number of aliphatic hydroxyl groups is 1. The van der Waals surface area contributed by atoms with Crippen LogP contribution < -0.4 is 10.6 Å². The molecule has 180 valence electrons. The number of ether oxygens (including phenoxy) is 4. The SMILES string of the molecule is CC(C)(C)OC(=O)NCC1(NC(=O)C2=C(OCc3ccccc3)C(O)C=CO2)CCOCC1. The second-order valence-electron chi connectivity index (χ2n) is 9.06. The van der Waals surface area contributed by atoms with Gasteiger partial charge in [-0.1, -0.05) is 30.3 Å². The van der Waals surface area contributed by atoms with Gasteiger partial charge in [-0.3, -0.25) is 4.79 Å². The zero-order chi connectivity index (χ0) is 23.9. The Hall–Kier alpha value is -3.04. The molecule has 2 aliphatic heterocycles. The molecule has 1 aromatic carbocycles. The number of rotatable bonds is 7. The molecular weight excluding hydrogens is 428 g/mol. The van der Waals surface area contributed by atoms with Gasteiger partial charge in [-0.05, 0) is 45.3 Å². The molecule has 1 aromatic rings. The van der Waals surface area contributed by atoms with Crippen molar-refractivity contribution in [1.29, 1.82) is 0 Å². The molecular formula is C24H32N2O7. The van der Waals surface area contributed by atoms with Crippen LogP contribution in [-0.4, -0.2) is 54.1 Å². The Morgan fingerprint density at radius 3 is 2.55 bits per heavy atom. The lowest BCUT2D eigenvalue weighted by atomic mass is 9.89. The molecule has 33 heavy (non-hydrogen) atoms. The van der Waals surface area contributed by atoms with Crippen molar-refractivity contribution in [3.05, 3.63) is 59.8 Å². The molecule has 1 atom stereocenters. The molecule has 2 heterocycles. The highest BCUT2D eigenvalue weighted by Crippen LogP contribution is 2.25. The van der Waals surface area contributed by atoms with Crippen molar-refractivity contribution in [2.45, 2.75) is 57.5 Å². The molecule has 0 spiro atoms. The predicted octanol–water partition coefficient (Wildman–Crippen LogP) is 2.51. The fourth-order valence-corrected chi connectivity index (χ4v) is 3.47. The van der Waals surface area contributed by atoms with Crippen molar-refractivity contribution in [2.24, 2.45) is 0 Å². The number of alkyl carbamates (subject to hydrolysis) is 1. The number of hydrogen-bond donors (Lipinski definition) is 3. The van der Waals surface area contributed by atoms with Crippen LogP contribution in [0.5, 0.6) is 0 Å². The zero-order valence-corrected chi connectivity index (χ0v) is 19.3. The first-order valence-electron chi connectivity index (χ1n) is 11.0. The monoisotopic (exact) mass is 460 g/mol. The van der Waals surface area contributed by atoms with Crippen LogP contribution in [-0.2, 0) is 30.3 Å². The summed E-state index contributed by atoms with van der Waals surface area (Å²) in [4.78, 5) is 25.4. The van der Waals surface area contributed by atoms with Crippen LogP contribution in [0.4, 0.5) is 4.79 Å². The van der Waals surface area contributed by atoms with Crippen LogP contribution in [0.3, 0.4) is 0 Å². The lowest BCUT2D eigenvalue weighted by molar-refractivity contribution is -0.124. The van der Waals surface area contributed by atoms with Gasteiger partial charge in [0.05, 0.1) is 11.8 Å². The summed E-state index contributed by atoms with van der Waals surface area (Å²) < 4.78 is 22.0. The average molecular weight is 461 g/mol. The number of benzene rings is 1. The second kappa shape index (κ2) is 10.7. The van der Waals surface area contributed by atoms with Crippen LogP contribution in [0.15, 0.2) is 54.2 Å². The normalized spacial score (nSPS) is 19.9. The molecule has 0 bridgehead atoms. The largest absolute Gasteiger partial charge is 0.486 e. The standard InChI is InChI=1S/C24H32N2O7/c1-23(2,3)33-22(29)25-16-24(10-13-30-14-11-24)26-21(28)20-19(18(27)9-12-31-20)32-15-17-7-5-4-6-8-17/h4-9,12,18,27H,10-11,13-16H2,1-3H3,(H,25,29)(H,26,28). The minimum Gasteiger partial charge on any atom is -0.486 e. The molecule has 3 rings (SSSR count). The lowest BCUT2D eigenvalue weighted by Crippen LogP contribution is -2.59. The average Bonchev–Trinajstić information content (AvgIpc) is 2.77. The summed E-state index contributed by atoms with van der Waals surface area (Å²) in [5, 5.41) is 16.1. The Bertz CT molecular complexity index is 884. The maximum absolute atomic E-state index is 13.2. The summed E-state index contributed by atoms with van der Waals surface area (Å²) in [5.74, 6) is -0.639. The van der Waals surface area contributed by atoms with Gasteiger partial charge in [-0.15, -0.1) is 0 Å². The van der Waals surface area contributed by atoms with E-state index in [0.717, 1.165) is 5.56 Å². The second-order valence-corrected chi connectivity index (χ2v) is 9.06. The maximum atomic E-state index is 13.2. The van der Waals surface area contributed by atoms with Crippen LogP contribution >= 0.6 is 0 Å². The molecule has 0 saturated carbocycles. The van der Waals surface area contributed by atoms with Gasteiger partial charge >= 0.3 is 6.09 Å². The number of amides is 2. The Morgan fingerprint density at radius 2 is 1.88 bits per heavy atom. The van der Waals surface area contributed by atoms with E-state index in [4.69, 9.17) is 18.9 Å². The highest BCUT2D eigenvalue weighted by molar-refractivity contribution is 5.93. The molecule has 3 N–H and O–H groups in total. The Kier molecular flexibility index (Phi) is 7.99. The number of nitrogens with one attached hydrogen (secondary N) is 2. The summed E-state index contributed by atoms with van der Waals surface area (Å²) in [6.45, 7) is 6.51. The number of aliphatic hydroxyl groups excluding tert-OH is 1. The molecule has 1 unspecified atom stereocenters. The molecule has 9 heteroatoms. The van der Waals surface area contributed by atoms with Gasteiger partial charge in [-0.25, -0.2) is 4.79 Å². The van der Waals surface area contributed by atoms with Crippen LogP contribution in [0.25, 0.3) is 0 Å². The summed E-state index contributed by atoms with van der Waals surface area (Å²) in [5.41, 5.74) is -0.516. The molecule has 2 amide bonds. The molecule has 1 saturated heterocycles. The van der Waals surface area contributed by atoms with E-state index in [0.29, 0.717) is 26.1 Å². The van der Waals surface area contributed by atoms with E-state index in [1.54, 1.807) is 20.8 Å². The van der Waals surface area contributed by atoms with Crippen molar-refractivity contribution in [2.75, 3.05) is 19.8 Å². The van der Waals surface area contributed by atoms with Crippen LogP contribution in [0.1, 0.15) is 39.2 Å². The van der Waals surface area contributed by atoms with Gasteiger partial charge in [-0.2, -0.15) is 0 Å². The smallest absolute Gasteiger partial charge is 0.407 e. The molecule has 1 fully saturated rings. The fourth-order valence-electron chi connectivity index (χ4n) is 3.47. The number of carbonyl (C=O) groups is 2. The Balaban J connectivity index is 1.72. The third-order valence-electron chi connectivity index (χ3n) is 5.18. The van der Waals surface area contributed by atoms with Gasteiger partial charge in [0.2, 0.25) is 5.76 Å². The Morgan fingerprint density at radius 1 is 1.18 bits per heavy atom. The first-order valence-corrected chi connectivity index (χ1v) is 11.0. The third-order valence-corrected chi connectivity index (χ3v) is 5.18. The van der Waals surface area contributed by atoms with Crippen molar-refractivity contribution in [3.63, 3.8) is 0 Å². The summed E-state index contributed by atoms with van der Waals surface area (Å²) in [6.07, 6.45) is 1.94. The molecule has 0 aromatic heterocycles. The quantitative estimate of drug-likeness (QED) is 0.573. The minimum atomic E-state index is -1.12. The van der Waals surface area contributed by atoms with Crippen molar-refractivity contribution in [3.8, 4) is 0 Å². The lowest BCUT2D eigenvalue weighted by Gasteiger charge is -2.38. The van der Waals surface area contributed by atoms with Gasteiger partial charge in [0.25, 0.3) is 5.91 Å². The number of carbonyl (C=O) groups excluding carboxylic acids is 2. The van der Waals surface area contributed by atoms with E-state index in [1.165, 1.54) is 12.3 Å². The summed E-state index contributed by atoms with van der Waals surface area (Å²) >= 11 is 0. The van der Waals surface area contributed by atoms with Gasteiger partial charge in [0, 0.05) is 19.8 Å².